The van der Waals surface area contributed by atoms with Crippen LogP contribution in [-0.2, 0) is 9.59 Å². The summed E-state index contributed by atoms with van der Waals surface area (Å²) in [5.74, 6) is 0.330. The summed E-state index contributed by atoms with van der Waals surface area (Å²) in [5, 5.41) is 5.59. The Bertz CT molecular complexity index is 800. The molecule has 0 saturated carbocycles. The molecule has 2 aliphatic heterocycles. The fraction of sp³-hybridized carbons (Fsp3) is 0.571. The van der Waals surface area contributed by atoms with Crippen molar-refractivity contribution < 1.29 is 19.1 Å². The van der Waals surface area contributed by atoms with E-state index in [0.29, 0.717) is 30.2 Å². The van der Waals surface area contributed by atoms with E-state index in [1.54, 1.807) is 12.1 Å². The van der Waals surface area contributed by atoms with Crippen molar-refractivity contribution in [1.29, 1.82) is 0 Å². The molecule has 4 amide bonds. The number of methoxy groups -OCH3 is 1. The fourth-order valence-electron chi connectivity index (χ4n) is 4.05. The Morgan fingerprint density at radius 2 is 1.97 bits per heavy atom. The molecule has 2 heterocycles. The Labute approximate surface area is 171 Å². The van der Waals surface area contributed by atoms with Gasteiger partial charge in [-0.25, -0.2) is 4.79 Å². The molecule has 0 atom stereocenters. The van der Waals surface area contributed by atoms with Crippen LogP contribution in [0.3, 0.4) is 0 Å². The average molecular weight is 402 g/mol. The van der Waals surface area contributed by atoms with Gasteiger partial charge in [-0.2, -0.15) is 0 Å². The average Bonchev–Trinajstić information content (AvgIpc) is 2.88. The minimum Gasteiger partial charge on any atom is -0.495 e. The second-order valence-corrected chi connectivity index (χ2v) is 8.35. The molecule has 158 valence electrons. The molecule has 29 heavy (non-hydrogen) atoms. The highest BCUT2D eigenvalue weighted by atomic mass is 16.5. The number of hydrogen-bond acceptors (Lipinski definition) is 5. The van der Waals surface area contributed by atoms with Crippen LogP contribution < -0.4 is 15.4 Å². The van der Waals surface area contributed by atoms with Gasteiger partial charge in [-0.3, -0.25) is 14.5 Å². The first-order chi connectivity index (χ1) is 13.7. The summed E-state index contributed by atoms with van der Waals surface area (Å²) in [5.41, 5.74) is 0.593. The smallest absolute Gasteiger partial charge is 0.325 e. The van der Waals surface area contributed by atoms with Crippen LogP contribution in [0.25, 0.3) is 0 Å². The summed E-state index contributed by atoms with van der Waals surface area (Å²) in [6.45, 7) is 8.40. The van der Waals surface area contributed by atoms with E-state index in [-0.39, 0.29) is 12.5 Å². The van der Waals surface area contributed by atoms with E-state index in [1.165, 1.54) is 7.11 Å². The van der Waals surface area contributed by atoms with E-state index in [1.807, 2.05) is 13.0 Å². The molecule has 0 unspecified atom stereocenters. The van der Waals surface area contributed by atoms with Gasteiger partial charge in [0.15, 0.2) is 0 Å². The van der Waals surface area contributed by atoms with Crippen LogP contribution in [0.5, 0.6) is 5.75 Å². The van der Waals surface area contributed by atoms with Crippen molar-refractivity contribution >= 4 is 23.5 Å². The number of nitrogens with one attached hydrogen (secondary N) is 2. The summed E-state index contributed by atoms with van der Waals surface area (Å²) in [7, 11) is 1.52. The highest BCUT2D eigenvalue weighted by Crippen LogP contribution is 2.30. The number of likely N-dealkylation sites (tertiary alicyclic amines) is 1. The van der Waals surface area contributed by atoms with Crippen molar-refractivity contribution in [3.8, 4) is 5.75 Å². The summed E-state index contributed by atoms with van der Waals surface area (Å²) in [6, 6.07) is 4.92. The Kier molecular flexibility index (Phi) is 6.12. The number of amides is 4. The maximum absolute atomic E-state index is 13.0. The summed E-state index contributed by atoms with van der Waals surface area (Å²) >= 11 is 0. The summed E-state index contributed by atoms with van der Waals surface area (Å²) < 4.78 is 5.26. The molecule has 2 fully saturated rings. The predicted molar refractivity (Wildman–Crippen MR) is 110 cm³/mol. The molecule has 1 spiro atoms. The Hall–Kier alpha value is -2.61. The zero-order chi connectivity index (χ0) is 21.2. The number of urea groups is 1. The third-order valence-corrected chi connectivity index (χ3v) is 5.51. The van der Waals surface area contributed by atoms with Crippen molar-refractivity contribution in [2.24, 2.45) is 5.92 Å². The second-order valence-electron chi connectivity index (χ2n) is 8.35. The van der Waals surface area contributed by atoms with Gasteiger partial charge < -0.3 is 20.3 Å². The Morgan fingerprint density at radius 3 is 2.59 bits per heavy atom. The van der Waals surface area contributed by atoms with Gasteiger partial charge in [-0.15, -0.1) is 0 Å². The van der Waals surface area contributed by atoms with Crippen LogP contribution in [0, 0.1) is 12.8 Å². The molecule has 1 aromatic carbocycles. The molecule has 0 radical (unpaired) electrons. The zero-order valence-electron chi connectivity index (χ0n) is 17.6. The number of carbonyl (C=O) groups is 3. The number of nitrogens with zero attached hydrogens (tertiary/aromatic N) is 2. The lowest BCUT2D eigenvalue weighted by Gasteiger charge is -2.37. The van der Waals surface area contributed by atoms with Crippen molar-refractivity contribution in [3.63, 3.8) is 0 Å². The van der Waals surface area contributed by atoms with Gasteiger partial charge in [0.05, 0.1) is 12.8 Å². The van der Waals surface area contributed by atoms with Crippen molar-refractivity contribution in [2.45, 2.75) is 39.2 Å². The normalized spacial score (nSPS) is 19.0. The van der Waals surface area contributed by atoms with E-state index in [4.69, 9.17) is 4.74 Å². The molecule has 0 aliphatic carbocycles. The molecule has 8 heteroatoms. The van der Waals surface area contributed by atoms with Gasteiger partial charge in [-0.05, 0) is 43.4 Å². The lowest BCUT2D eigenvalue weighted by Crippen LogP contribution is -2.55. The first-order valence-electron chi connectivity index (χ1n) is 10.0. The van der Waals surface area contributed by atoms with Crippen molar-refractivity contribution in [3.05, 3.63) is 23.8 Å². The first-order valence-corrected chi connectivity index (χ1v) is 10.0. The van der Waals surface area contributed by atoms with Crippen molar-refractivity contribution in [1.82, 2.24) is 15.1 Å². The molecule has 8 nitrogen and oxygen atoms in total. The molecule has 3 rings (SSSR count). The Morgan fingerprint density at radius 1 is 1.28 bits per heavy atom. The fourth-order valence-corrected chi connectivity index (χ4v) is 4.05. The van der Waals surface area contributed by atoms with Crippen molar-refractivity contribution in [2.75, 3.05) is 38.6 Å². The SMILES string of the molecule is COc1ccc(C)cc1NC(=O)CN1C(=O)NC2(CCN(CC(C)C)CC2)C1=O. The maximum atomic E-state index is 13.0. The third kappa shape index (κ3) is 4.53. The van der Waals surface area contributed by atoms with Gasteiger partial charge in [0.1, 0.15) is 17.8 Å². The topological polar surface area (TPSA) is 91.0 Å². The molecule has 2 saturated heterocycles. The van der Waals surface area contributed by atoms with Crippen LogP contribution in [-0.4, -0.2) is 66.5 Å². The monoisotopic (exact) mass is 402 g/mol. The highest BCUT2D eigenvalue weighted by Gasteiger charge is 2.52. The lowest BCUT2D eigenvalue weighted by atomic mass is 9.87. The van der Waals surface area contributed by atoms with Gasteiger partial charge in [0, 0.05) is 19.6 Å². The number of ether oxygens (including phenoxy) is 1. The number of hydrogen-bond donors (Lipinski definition) is 2. The Balaban J connectivity index is 1.64. The number of benzene rings is 1. The van der Waals surface area contributed by atoms with E-state index < -0.39 is 17.5 Å². The number of aryl methyl sites for hydroxylation is 1. The first kappa shape index (κ1) is 21.1. The van der Waals surface area contributed by atoms with Crippen LogP contribution >= 0.6 is 0 Å². The van der Waals surface area contributed by atoms with Crippen LogP contribution in [0.15, 0.2) is 18.2 Å². The second kappa shape index (κ2) is 8.41. The number of rotatable bonds is 6. The molecule has 2 N–H and O–H groups in total. The zero-order valence-corrected chi connectivity index (χ0v) is 17.6. The maximum Gasteiger partial charge on any atom is 0.325 e. The molecular formula is C21H30N4O4. The summed E-state index contributed by atoms with van der Waals surface area (Å²) in [4.78, 5) is 41.3. The van der Waals surface area contributed by atoms with Crippen LogP contribution in [0.2, 0.25) is 0 Å². The number of carbonyl (C=O) groups excluding carboxylic acids is 3. The largest absolute Gasteiger partial charge is 0.495 e. The number of anilines is 1. The molecule has 1 aromatic rings. The quantitative estimate of drug-likeness (QED) is 0.710. The lowest BCUT2D eigenvalue weighted by molar-refractivity contribution is -0.135. The molecule has 2 aliphatic rings. The minimum absolute atomic E-state index is 0.307. The van der Waals surface area contributed by atoms with Gasteiger partial charge >= 0.3 is 6.03 Å². The highest BCUT2D eigenvalue weighted by molar-refractivity contribution is 6.10. The van der Waals surface area contributed by atoms with E-state index >= 15 is 0 Å². The summed E-state index contributed by atoms with van der Waals surface area (Å²) in [6.07, 6.45) is 1.13. The van der Waals surface area contributed by atoms with Gasteiger partial charge in [0.2, 0.25) is 5.91 Å². The van der Waals surface area contributed by atoms with Gasteiger partial charge in [0.25, 0.3) is 5.91 Å². The van der Waals surface area contributed by atoms with Gasteiger partial charge in [-0.1, -0.05) is 19.9 Å². The molecular weight excluding hydrogens is 372 g/mol. The predicted octanol–water partition coefficient (Wildman–Crippen LogP) is 1.98. The molecule has 0 bridgehead atoms. The number of piperidine rings is 1. The standard InChI is InChI=1S/C21H30N4O4/c1-14(2)12-24-9-7-21(8-10-24)19(27)25(20(28)23-21)13-18(26)22-16-11-15(3)5-6-17(16)29-4/h5-6,11,14H,7-10,12-13H2,1-4H3,(H,22,26)(H,23,28). The molecule has 0 aromatic heterocycles. The van der Waals surface area contributed by atoms with Crippen LogP contribution in [0.1, 0.15) is 32.3 Å². The van der Waals surface area contributed by atoms with E-state index in [0.717, 1.165) is 30.1 Å². The van der Waals surface area contributed by atoms with E-state index in [9.17, 15) is 14.4 Å². The van der Waals surface area contributed by atoms with E-state index in [2.05, 4.69) is 29.4 Å². The third-order valence-electron chi connectivity index (χ3n) is 5.51. The number of imide groups is 1. The minimum atomic E-state index is -0.883. The van der Waals surface area contributed by atoms with Crippen LogP contribution in [0.4, 0.5) is 10.5 Å².